The lowest BCUT2D eigenvalue weighted by Crippen LogP contribution is -2.33. The summed E-state index contributed by atoms with van der Waals surface area (Å²) in [6.45, 7) is 6.51. The molecule has 0 spiro atoms. The maximum atomic E-state index is 13.1. The molecule has 3 N–H and O–H groups in total. The van der Waals surface area contributed by atoms with Crippen molar-refractivity contribution >= 4 is 40.5 Å². The number of phenols is 1. The highest BCUT2D eigenvalue weighted by Crippen LogP contribution is 2.42. The fourth-order valence-corrected chi connectivity index (χ4v) is 6.00. The monoisotopic (exact) mass is 573 g/mol. The molecule has 206 valence electrons. The van der Waals surface area contributed by atoms with Gasteiger partial charge in [0, 0.05) is 41.3 Å². The third-order valence-electron chi connectivity index (χ3n) is 7.42. The molecule has 4 aromatic rings. The first-order valence-electron chi connectivity index (χ1n) is 13.3. The molecule has 0 bridgehead atoms. The summed E-state index contributed by atoms with van der Waals surface area (Å²) < 4.78 is 2.00. The van der Waals surface area contributed by atoms with Gasteiger partial charge in [-0.2, -0.15) is 0 Å². The molecule has 3 heterocycles. The molecule has 0 unspecified atom stereocenters. The first-order chi connectivity index (χ1) is 19.3. The minimum absolute atomic E-state index is 0.0712. The number of benzene rings is 2. The number of nitrogens with one attached hydrogen (secondary N) is 2. The molecule has 40 heavy (non-hydrogen) atoms. The average molecular weight is 574 g/mol. The Kier molecular flexibility index (Phi) is 8.09. The van der Waals surface area contributed by atoms with E-state index in [0.717, 1.165) is 40.3 Å². The summed E-state index contributed by atoms with van der Waals surface area (Å²) in [6.07, 6.45) is 2.87. The van der Waals surface area contributed by atoms with Gasteiger partial charge in [0.2, 0.25) is 5.91 Å². The molecule has 1 saturated heterocycles. The van der Waals surface area contributed by atoms with Gasteiger partial charge >= 0.3 is 0 Å². The Bertz CT molecular complexity index is 1550. The minimum Gasteiger partial charge on any atom is -0.506 e. The lowest BCUT2D eigenvalue weighted by Gasteiger charge is -2.28. The number of pyridine rings is 1. The maximum absolute atomic E-state index is 13.1. The topological polar surface area (TPSA) is 82.4 Å². The van der Waals surface area contributed by atoms with Crippen LogP contribution in [0, 0.1) is 13.8 Å². The third-order valence-corrected chi connectivity index (χ3v) is 8.00. The van der Waals surface area contributed by atoms with E-state index in [0.29, 0.717) is 22.4 Å². The number of hydrogen-bond donors (Lipinski definition) is 3. The molecule has 1 fully saturated rings. The number of nitrogens with zero attached hydrogens (tertiary/aromatic N) is 3. The van der Waals surface area contributed by atoms with E-state index in [9.17, 15) is 9.90 Å². The summed E-state index contributed by atoms with van der Waals surface area (Å²) in [7, 11) is 0. The smallest absolute Gasteiger partial charge is 0.226 e. The van der Waals surface area contributed by atoms with E-state index >= 15 is 0 Å². The molecule has 9 heteroatoms. The van der Waals surface area contributed by atoms with Gasteiger partial charge in [-0.25, -0.2) is 0 Å². The fraction of sp³-hybridized carbons (Fsp3) is 0.258. The molecule has 1 aliphatic rings. The van der Waals surface area contributed by atoms with Crippen molar-refractivity contribution in [3.05, 3.63) is 106 Å². The summed E-state index contributed by atoms with van der Waals surface area (Å²) >= 11 is 12.1. The number of carbonyl (C=O) groups excluding carboxylic acids is 1. The summed E-state index contributed by atoms with van der Waals surface area (Å²) in [5, 5.41) is 18.3. The van der Waals surface area contributed by atoms with Crippen molar-refractivity contribution in [2.75, 3.05) is 11.9 Å². The number of amides is 1. The number of aryl methyl sites for hydroxylation is 2. The maximum Gasteiger partial charge on any atom is 0.226 e. The SMILES string of the molecule is CCc1ccccc1NC(=O)CCN1C(=S)N[C@@H](c2ccccn2)[C@@H]1c1cc(C)n(-c2cc(Cl)ccc2O)c1C. The molecule has 1 amide bonds. The zero-order valence-corrected chi connectivity index (χ0v) is 24.3. The molecule has 2 atom stereocenters. The van der Waals surface area contributed by atoms with Crippen molar-refractivity contribution in [3.8, 4) is 11.4 Å². The first-order valence-corrected chi connectivity index (χ1v) is 14.1. The van der Waals surface area contributed by atoms with Gasteiger partial charge in [-0.15, -0.1) is 0 Å². The number of phenolic OH excluding ortho intramolecular Hbond substituents is 1. The van der Waals surface area contributed by atoms with Crippen molar-refractivity contribution in [2.45, 2.75) is 45.7 Å². The van der Waals surface area contributed by atoms with Gasteiger partial charge < -0.3 is 25.2 Å². The van der Waals surface area contributed by atoms with E-state index in [1.165, 1.54) is 0 Å². The Labute approximate surface area is 244 Å². The largest absolute Gasteiger partial charge is 0.506 e. The molecule has 0 aliphatic carbocycles. The Balaban J connectivity index is 1.49. The Morgan fingerprint density at radius 3 is 2.65 bits per heavy atom. The second-order valence-corrected chi connectivity index (χ2v) is 10.7. The van der Waals surface area contributed by atoms with E-state index in [2.05, 4.69) is 33.5 Å². The van der Waals surface area contributed by atoms with Crippen LogP contribution in [0.3, 0.4) is 0 Å². The van der Waals surface area contributed by atoms with Crippen LogP contribution in [0.15, 0.2) is 72.9 Å². The van der Waals surface area contributed by atoms with Crippen molar-refractivity contribution in [1.82, 2.24) is 19.8 Å². The lowest BCUT2D eigenvalue weighted by atomic mass is 9.96. The van der Waals surface area contributed by atoms with E-state index < -0.39 is 0 Å². The summed E-state index contributed by atoms with van der Waals surface area (Å²) in [4.78, 5) is 19.8. The predicted molar refractivity (Wildman–Crippen MR) is 163 cm³/mol. The van der Waals surface area contributed by atoms with E-state index in [1.54, 1.807) is 24.4 Å². The normalized spacial score (nSPS) is 16.7. The molecule has 2 aromatic carbocycles. The average Bonchev–Trinajstić information content (AvgIpc) is 3.43. The van der Waals surface area contributed by atoms with Gasteiger partial charge in [-0.1, -0.05) is 42.8 Å². The number of anilines is 1. The van der Waals surface area contributed by atoms with Crippen LogP contribution in [0.5, 0.6) is 5.75 Å². The molecule has 1 aliphatic heterocycles. The molecular formula is C31H32ClN5O2S. The van der Waals surface area contributed by atoms with Crippen LogP contribution >= 0.6 is 23.8 Å². The van der Waals surface area contributed by atoms with Crippen LogP contribution < -0.4 is 10.6 Å². The minimum atomic E-state index is -0.223. The number of hydrogen-bond acceptors (Lipinski definition) is 4. The quantitative estimate of drug-likeness (QED) is 0.211. The molecule has 0 radical (unpaired) electrons. The van der Waals surface area contributed by atoms with Gasteiger partial charge in [0.1, 0.15) is 5.75 Å². The van der Waals surface area contributed by atoms with Crippen LogP contribution in [0.1, 0.15) is 53.6 Å². The molecule has 5 rings (SSSR count). The Hall–Kier alpha value is -3.88. The number of thiocarbonyl (C=S) groups is 1. The van der Waals surface area contributed by atoms with E-state index in [-0.39, 0.29) is 30.2 Å². The number of aromatic nitrogens is 2. The van der Waals surface area contributed by atoms with Gasteiger partial charge in [0.15, 0.2) is 5.11 Å². The van der Waals surface area contributed by atoms with Crippen LogP contribution in [0.2, 0.25) is 5.02 Å². The van der Waals surface area contributed by atoms with Gasteiger partial charge in [0.25, 0.3) is 0 Å². The zero-order chi connectivity index (χ0) is 28.4. The predicted octanol–water partition coefficient (Wildman–Crippen LogP) is 6.41. The standard InChI is InChI=1S/C31H32ClN5O2S/c1-4-21-9-5-6-10-24(21)34-28(39)14-16-36-30(29(35-31(36)40)25-11-7-8-15-33-25)23-17-19(2)37(20(23)3)26-18-22(32)12-13-27(26)38/h5-13,15,17-18,29-30,38H,4,14,16H2,1-3H3,(H,34,39)(H,35,40)/t29-,30-/m0/s1. The highest BCUT2D eigenvalue weighted by atomic mass is 35.5. The second kappa shape index (κ2) is 11.7. The number of aromatic hydroxyl groups is 1. The number of halogens is 1. The Morgan fingerprint density at radius 1 is 1.12 bits per heavy atom. The van der Waals surface area contributed by atoms with Crippen molar-refractivity contribution in [3.63, 3.8) is 0 Å². The van der Waals surface area contributed by atoms with Crippen LogP contribution in [-0.4, -0.2) is 37.1 Å². The highest BCUT2D eigenvalue weighted by Gasteiger charge is 2.41. The van der Waals surface area contributed by atoms with Crippen LogP contribution in [-0.2, 0) is 11.2 Å². The molecule has 7 nitrogen and oxygen atoms in total. The highest BCUT2D eigenvalue weighted by molar-refractivity contribution is 7.80. The first kappa shape index (κ1) is 27.7. The van der Waals surface area contributed by atoms with Gasteiger partial charge in [-0.05, 0) is 86.1 Å². The Morgan fingerprint density at radius 2 is 1.90 bits per heavy atom. The van der Waals surface area contributed by atoms with E-state index in [4.69, 9.17) is 23.8 Å². The van der Waals surface area contributed by atoms with Crippen LogP contribution in [0.4, 0.5) is 5.69 Å². The van der Waals surface area contributed by atoms with E-state index in [1.807, 2.05) is 60.9 Å². The third kappa shape index (κ3) is 5.42. The summed E-state index contributed by atoms with van der Waals surface area (Å²) in [6, 6.07) is 20.4. The summed E-state index contributed by atoms with van der Waals surface area (Å²) in [5.74, 6) is 0.0676. The number of para-hydroxylation sites is 1. The number of rotatable bonds is 8. The fourth-order valence-electron chi connectivity index (χ4n) is 5.50. The molecule has 0 saturated carbocycles. The van der Waals surface area contributed by atoms with Gasteiger partial charge in [0.05, 0.1) is 23.5 Å². The molecular weight excluding hydrogens is 542 g/mol. The van der Waals surface area contributed by atoms with Crippen LogP contribution in [0.25, 0.3) is 5.69 Å². The summed E-state index contributed by atoms with van der Waals surface area (Å²) in [5.41, 5.74) is 6.31. The van der Waals surface area contributed by atoms with Gasteiger partial charge in [-0.3, -0.25) is 9.78 Å². The zero-order valence-electron chi connectivity index (χ0n) is 22.7. The van der Waals surface area contributed by atoms with Crippen molar-refractivity contribution in [2.24, 2.45) is 0 Å². The van der Waals surface area contributed by atoms with Crippen molar-refractivity contribution in [1.29, 1.82) is 0 Å². The second-order valence-electron chi connectivity index (χ2n) is 9.92. The van der Waals surface area contributed by atoms with Crippen molar-refractivity contribution < 1.29 is 9.90 Å². The molecule has 2 aromatic heterocycles. The number of carbonyl (C=O) groups is 1. The lowest BCUT2D eigenvalue weighted by molar-refractivity contribution is -0.116.